The molecular weight excluding hydrogens is 613 g/mol. The Hall–Kier alpha value is -4.58. The molecule has 0 aliphatic carbocycles. The molecule has 2 heterocycles. The second kappa shape index (κ2) is 12.9. The van der Waals surface area contributed by atoms with Gasteiger partial charge in [0.2, 0.25) is 0 Å². The second-order valence-electron chi connectivity index (χ2n) is 12.7. The van der Waals surface area contributed by atoms with Crippen molar-refractivity contribution in [3.8, 4) is 16.9 Å². The number of likely N-dealkylation sites (tertiary alicyclic amines) is 1. The molecule has 0 radical (unpaired) electrons. The van der Waals surface area contributed by atoms with E-state index in [9.17, 15) is 32.7 Å². The molecule has 0 saturated carbocycles. The van der Waals surface area contributed by atoms with Crippen LogP contribution >= 0.6 is 0 Å². The smallest absolute Gasteiger partial charge is 0.417 e. The lowest BCUT2D eigenvalue weighted by molar-refractivity contribution is -0.267. The zero-order valence-corrected chi connectivity index (χ0v) is 26.7. The summed E-state index contributed by atoms with van der Waals surface area (Å²) in [5, 5.41) is 12.0. The van der Waals surface area contributed by atoms with Crippen LogP contribution in [0, 0.1) is 0 Å². The Morgan fingerprint density at radius 1 is 1.06 bits per heavy atom. The molecule has 2 aliphatic rings. The van der Waals surface area contributed by atoms with Gasteiger partial charge in [0.25, 0.3) is 11.8 Å². The van der Waals surface area contributed by atoms with Crippen LogP contribution in [0.1, 0.15) is 61.5 Å². The molecule has 1 fully saturated rings. The molecular formula is C35H38F3N4O5-. The number of piperidine rings is 1. The minimum Gasteiger partial charge on any atom is -0.530 e. The molecule has 1 saturated heterocycles. The third-order valence-corrected chi connectivity index (χ3v) is 8.81. The lowest BCUT2D eigenvalue weighted by Gasteiger charge is -2.47. The van der Waals surface area contributed by atoms with E-state index in [0.29, 0.717) is 6.42 Å². The third kappa shape index (κ3) is 6.64. The molecule has 3 amide bonds. The predicted octanol–water partition coefficient (Wildman–Crippen LogP) is 4.89. The molecule has 2 N–H and O–H groups in total. The number of carboxylic acid groups (broad SMARTS) is 1. The predicted molar refractivity (Wildman–Crippen MR) is 169 cm³/mol. The molecule has 2 atom stereocenters. The normalized spacial score (nSPS) is 19.3. The number of carbonyl (C=O) groups is 3. The Bertz CT molecular complexity index is 1660. The minimum absolute atomic E-state index is 0.00542. The van der Waals surface area contributed by atoms with Gasteiger partial charge in [-0.3, -0.25) is 9.59 Å². The summed E-state index contributed by atoms with van der Waals surface area (Å²) < 4.78 is 49.8. The molecule has 3 aromatic carbocycles. The monoisotopic (exact) mass is 651 g/mol. The number of benzene rings is 3. The number of anilines is 1. The number of fused-ring (bicyclic) bond motifs is 1. The van der Waals surface area contributed by atoms with Crippen molar-refractivity contribution in [3.05, 3.63) is 83.4 Å². The number of ether oxygens (including phenoxy) is 1. The number of carbonyl (C=O) groups excluding carboxylic acids is 3. The summed E-state index contributed by atoms with van der Waals surface area (Å²) in [6.07, 6.45) is -6.07. The second-order valence-corrected chi connectivity index (χ2v) is 12.7. The fourth-order valence-corrected chi connectivity index (χ4v) is 6.63. The Morgan fingerprint density at radius 3 is 2.36 bits per heavy atom. The first-order valence-electron chi connectivity index (χ1n) is 15.5. The van der Waals surface area contributed by atoms with E-state index >= 15 is 0 Å². The molecule has 9 nitrogen and oxygen atoms in total. The minimum atomic E-state index is -4.96. The summed E-state index contributed by atoms with van der Waals surface area (Å²) in [7, 11) is 0. The summed E-state index contributed by atoms with van der Waals surface area (Å²) in [6, 6.07) is 17.6. The number of nitrogens with two attached hydrogens (primary N) is 1. The fourth-order valence-electron chi connectivity index (χ4n) is 6.63. The van der Waals surface area contributed by atoms with Gasteiger partial charge in [0.05, 0.1) is 22.9 Å². The zero-order chi connectivity index (χ0) is 34.3. The molecule has 12 heteroatoms. The first kappa shape index (κ1) is 33.8. The van der Waals surface area contributed by atoms with Crippen molar-refractivity contribution in [1.29, 1.82) is 0 Å². The largest absolute Gasteiger partial charge is 0.530 e. The SMILES string of the molecule is CC(C)N(C(=O)c1cc2c(cc1C(F)(F)F)OC(C)(C)C(=O)N2CCN)[C@@H]1CN(C(=O)[O-])CC[C@H]1c1cccc(-c2ccccc2)c1. The Labute approximate surface area is 271 Å². The van der Waals surface area contributed by atoms with Crippen LogP contribution in [0.15, 0.2) is 66.7 Å². The maximum atomic E-state index is 14.7. The third-order valence-electron chi connectivity index (χ3n) is 8.81. The van der Waals surface area contributed by atoms with Gasteiger partial charge in [-0.1, -0.05) is 54.6 Å². The molecule has 3 aromatic rings. The van der Waals surface area contributed by atoms with E-state index in [1.807, 2.05) is 54.6 Å². The molecule has 47 heavy (non-hydrogen) atoms. The van der Waals surface area contributed by atoms with Crippen LogP contribution < -0.4 is 20.5 Å². The number of nitrogens with zero attached hydrogens (tertiary/aromatic N) is 3. The van der Waals surface area contributed by atoms with Gasteiger partial charge in [0.1, 0.15) is 11.8 Å². The number of rotatable bonds is 7. The number of amides is 3. The highest BCUT2D eigenvalue weighted by molar-refractivity contribution is 6.05. The topological polar surface area (TPSA) is 119 Å². The van der Waals surface area contributed by atoms with Crippen LogP contribution in [0.2, 0.25) is 0 Å². The number of alkyl halides is 3. The van der Waals surface area contributed by atoms with E-state index in [-0.39, 0.29) is 37.6 Å². The summed E-state index contributed by atoms with van der Waals surface area (Å²) >= 11 is 0. The summed E-state index contributed by atoms with van der Waals surface area (Å²) in [6.45, 7) is 6.25. The lowest BCUT2D eigenvalue weighted by Crippen LogP contribution is -2.59. The van der Waals surface area contributed by atoms with Gasteiger partial charge in [-0.15, -0.1) is 0 Å². The van der Waals surface area contributed by atoms with Crippen LogP contribution in [0.4, 0.5) is 23.7 Å². The fraction of sp³-hybridized carbons (Fsp3) is 0.400. The summed E-state index contributed by atoms with van der Waals surface area (Å²) in [4.78, 5) is 43.5. The number of hydrogen-bond acceptors (Lipinski definition) is 6. The highest BCUT2D eigenvalue weighted by Gasteiger charge is 2.46. The van der Waals surface area contributed by atoms with Gasteiger partial charge in [0, 0.05) is 38.1 Å². The maximum absolute atomic E-state index is 14.7. The zero-order valence-electron chi connectivity index (χ0n) is 26.7. The van der Waals surface area contributed by atoms with Crippen molar-refractivity contribution in [1.82, 2.24) is 9.80 Å². The lowest BCUT2D eigenvalue weighted by atomic mass is 9.82. The van der Waals surface area contributed by atoms with Crippen molar-refractivity contribution in [2.24, 2.45) is 5.73 Å². The van der Waals surface area contributed by atoms with E-state index in [4.69, 9.17) is 10.5 Å². The molecule has 0 aromatic heterocycles. The molecule has 250 valence electrons. The van der Waals surface area contributed by atoms with Crippen LogP contribution in [0.25, 0.3) is 11.1 Å². The van der Waals surface area contributed by atoms with Crippen LogP contribution in [0.3, 0.4) is 0 Å². The van der Waals surface area contributed by atoms with E-state index in [1.165, 1.54) is 23.6 Å². The van der Waals surface area contributed by atoms with Crippen molar-refractivity contribution in [2.45, 2.75) is 63.9 Å². The molecule has 0 unspecified atom stereocenters. The highest BCUT2D eigenvalue weighted by atomic mass is 19.4. The van der Waals surface area contributed by atoms with Gasteiger partial charge >= 0.3 is 6.18 Å². The van der Waals surface area contributed by atoms with Crippen LogP contribution in [0.5, 0.6) is 5.75 Å². The van der Waals surface area contributed by atoms with Crippen LogP contribution in [-0.4, -0.2) is 71.6 Å². The van der Waals surface area contributed by atoms with Crippen molar-refractivity contribution < 1.29 is 37.4 Å². The summed E-state index contributed by atoms with van der Waals surface area (Å²) in [5.41, 5.74) is 5.10. The average molecular weight is 652 g/mol. The highest BCUT2D eigenvalue weighted by Crippen LogP contribution is 2.45. The van der Waals surface area contributed by atoms with Gasteiger partial charge in [-0.05, 0) is 62.9 Å². The number of hydrogen-bond donors (Lipinski definition) is 1. The Morgan fingerprint density at radius 2 is 1.74 bits per heavy atom. The first-order valence-corrected chi connectivity index (χ1v) is 15.5. The van der Waals surface area contributed by atoms with E-state index in [1.54, 1.807) is 13.8 Å². The molecule has 0 spiro atoms. The van der Waals surface area contributed by atoms with Crippen LogP contribution in [-0.2, 0) is 11.0 Å². The molecule has 2 aliphatic heterocycles. The van der Waals surface area contributed by atoms with E-state index < -0.39 is 58.8 Å². The van der Waals surface area contributed by atoms with E-state index in [0.717, 1.165) is 33.7 Å². The number of halogens is 3. The quantitative estimate of drug-likeness (QED) is 0.389. The Balaban J connectivity index is 1.64. The van der Waals surface area contributed by atoms with Gasteiger partial charge in [-0.25, -0.2) is 0 Å². The summed E-state index contributed by atoms with van der Waals surface area (Å²) in [5.74, 6) is -2.06. The van der Waals surface area contributed by atoms with Gasteiger partial charge in [-0.2, -0.15) is 13.2 Å². The Kier molecular flexibility index (Phi) is 9.27. The molecule has 0 bridgehead atoms. The van der Waals surface area contributed by atoms with Gasteiger partial charge in [0.15, 0.2) is 5.60 Å². The van der Waals surface area contributed by atoms with Gasteiger partial charge < -0.3 is 35.1 Å². The standard InChI is InChI=1S/C35H39F3N4O5/c1-21(2)42(29-20-40(33(45)46)15-13-25(29)24-12-8-11-23(17-24)22-9-6-5-7-10-22)31(43)26-18-28-30(19-27(26)35(36,37)38)47-34(3,4)32(44)41(28)16-14-39/h5-12,17-19,21,25,29H,13-16,20,39H2,1-4H3,(H,45,46)/p-1/t25-,29+/m0/s1. The van der Waals surface area contributed by atoms with Crippen molar-refractivity contribution >= 4 is 23.6 Å². The van der Waals surface area contributed by atoms with Crippen molar-refractivity contribution in [2.75, 3.05) is 31.1 Å². The average Bonchev–Trinajstić information content (AvgIpc) is 3.02. The van der Waals surface area contributed by atoms with Crippen molar-refractivity contribution in [3.63, 3.8) is 0 Å². The maximum Gasteiger partial charge on any atom is 0.417 e. The van der Waals surface area contributed by atoms with E-state index in [2.05, 4.69) is 0 Å². The first-order chi connectivity index (χ1) is 22.1. The molecule has 5 rings (SSSR count).